The van der Waals surface area contributed by atoms with E-state index in [2.05, 4.69) is 25.1 Å². The van der Waals surface area contributed by atoms with E-state index in [1.807, 2.05) is 19.1 Å². The van der Waals surface area contributed by atoms with Gasteiger partial charge in [0.25, 0.3) is 0 Å². The molecule has 0 saturated heterocycles. The number of hydrogen-bond donors (Lipinski definition) is 1. The number of halogens is 2. The van der Waals surface area contributed by atoms with Gasteiger partial charge < -0.3 is 5.32 Å². The molecule has 1 aromatic carbocycles. The fraction of sp³-hybridized carbons (Fsp3) is 0.167. The van der Waals surface area contributed by atoms with Gasteiger partial charge in [-0.05, 0) is 24.6 Å². The van der Waals surface area contributed by atoms with E-state index >= 15 is 0 Å². The molecule has 1 rings (SSSR count). The van der Waals surface area contributed by atoms with Gasteiger partial charge in [-0.1, -0.05) is 35.8 Å². The lowest BCUT2D eigenvalue weighted by atomic mass is 10.2. The van der Waals surface area contributed by atoms with E-state index in [1.165, 1.54) is 0 Å². The molecule has 0 fully saturated rings. The van der Waals surface area contributed by atoms with Crippen LogP contribution in [0.2, 0.25) is 10.0 Å². The Morgan fingerprint density at radius 2 is 1.87 bits per heavy atom. The van der Waals surface area contributed by atoms with Crippen molar-refractivity contribution in [3.63, 3.8) is 0 Å². The SMILES string of the molecule is C=C.C=C(C)NCc1ccc(Cl)c(Cl)c1. The maximum Gasteiger partial charge on any atom is 0.0595 e. The highest BCUT2D eigenvalue weighted by Crippen LogP contribution is 2.22. The molecule has 0 aliphatic rings. The van der Waals surface area contributed by atoms with Crippen molar-refractivity contribution in [3.8, 4) is 0 Å². The molecule has 3 heteroatoms. The molecule has 0 radical (unpaired) electrons. The summed E-state index contributed by atoms with van der Waals surface area (Å²) in [6.07, 6.45) is 0. The fourth-order valence-electron chi connectivity index (χ4n) is 0.903. The van der Waals surface area contributed by atoms with Crippen LogP contribution in [0.25, 0.3) is 0 Å². The third-order valence-electron chi connectivity index (χ3n) is 1.58. The molecule has 82 valence electrons. The highest BCUT2D eigenvalue weighted by atomic mass is 35.5. The summed E-state index contributed by atoms with van der Waals surface area (Å²) >= 11 is 11.6. The minimum absolute atomic E-state index is 0.584. The third kappa shape index (κ3) is 5.50. The van der Waals surface area contributed by atoms with E-state index < -0.39 is 0 Å². The number of allylic oxidation sites excluding steroid dienone is 1. The molecule has 1 nitrogen and oxygen atoms in total. The zero-order valence-electron chi connectivity index (χ0n) is 8.82. The summed E-state index contributed by atoms with van der Waals surface area (Å²) in [4.78, 5) is 0. The third-order valence-corrected chi connectivity index (χ3v) is 2.32. The quantitative estimate of drug-likeness (QED) is 0.776. The Hall–Kier alpha value is -0.920. The van der Waals surface area contributed by atoms with Crippen LogP contribution in [0.15, 0.2) is 43.6 Å². The Morgan fingerprint density at radius 3 is 2.33 bits per heavy atom. The second kappa shape index (κ2) is 7.38. The number of nitrogens with one attached hydrogen (secondary N) is 1. The molecule has 1 aromatic rings. The van der Waals surface area contributed by atoms with Gasteiger partial charge in [-0.25, -0.2) is 0 Å². The van der Waals surface area contributed by atoms with E-state index in [4.69, 9.17) is 23.2 Å². The molecule has 0 spiro atoms. The maximum absolute atomic E-state index is 5.85. The van der Waals surface area contributed by atoms with Crippen molar-refractivity contribution in [2.24, 2.45) is 0 Å². The average molecular weight is 244 g/mol. The molecule has 0 saturated carbocycles. The van der Waals surface area contributed by atoms with E-state index in [0.717, 1.165) is 17.8 Å². The zero-order chi connectivity index (χ0) is 11.8. The van der Waals surface area contributed by atoms with Crippen molar-refractivity contribution in [3.05, 3.63) is 59.2 Å². The highest BCUT2D eigenvalue weighted by Gasteiger charge is 1.98. The van der Waals surface area contributed by atoms with Gasteiger partial charge in [0.1, 0.15) is 0 Å². The Bertz CT molecular complexity index is 334. The first-order valence-corrected chi connectivity index (χ1v) is 5.18. The molecular formula is C12H15Cl2N. The number of hydrogen-bond acceptors (Lipinski definition) is 1. The van der Waals surface area contributed by atoms with Gasteiger partial charge in [0.05, 0.1) is 10.0 Å². The molecule has 0 aliphatic carbocycles. The normalized spacial score (nSPS) is 8.73. The lowest BCUT2D eigenvalue weighted by Gasteiger charge is -2.05. The summed E-state index contributed by atoms with van der Waals surface area (Å²) in [5, 5.41) is 4.28. The van der Waals surface area contributed by atoms with Crippen LogP contribution >= 0.6 is 23.2 Å². The molecular weight excluding hydrogens is 229 g/mol. The minimum Gasteiger partial charge on any atom is -0.385 e. The Balaban J connectivity index is 0.000000921. The van der Waals surface area contributed by atoms with Gasteiger partial charge in [0.2, 0.25) is 0 Å². The van der Waals surface area contributed by atoms with E-state index in [-0.39, 0.29) is 0 Å². The summed E-state index contributed by atoms with van der Waals surface area (Å²) in [7, 11) is 0. The summed E-state index contributed by atoms with van der Waals surface area (Å²) in [6, 6.07) is 5.57. The van der Waals surface area contributed by atoms with Crippen LogP contribution in [-0.2, 0) is 6.54 Å². The van der Waals surface area contributed by atoms with Crippen molar-refractivity contribution in [1.82, 2.24) is 5.32 Å². The van der Waals surface area contributed by atoms with Crippen LogP contribution in [0.1, 0.15) is 12.5 Å². The number of benzene rings is 1. The van der Waals surface area contributed by atoms with Crippen LogP contribution < -0.4 is 5.32 Å². The molecule has 0 bridgehead atoms. The van der Waals surface area contributed by atoms with Gasteiger partial charge in [0, 0.05) is 12.2 Å². The monoisotopic (exact) mass is 243 g/mol. The van der Waals surface area contributed by atoms with E-state index in [0.29, 0.717) is 10.0 Å². The Morgan fingerprint density at radius 1 is 1.27 bits per heavy atom. The zero-order valence-corrected chi connectivity index (χ0v) is 10.3. The molecule has 0 heterocycles. The molecule has 15 heavy (non-hydrogen) atoms. The summed E-state index contributed by atoms with van der Waals surface area (Å²) in [5.74, 6) is 0. The topological polar surface area (TPSA) is 12.0 Å². The van der Waals surface area contributed by atoms with Crippen LogP contribution in [0, 0.1) is 0 Å². The standard InChI is InChI=1S/C10H11Cl2N.C2H4/c1-7(2)13-6-8-3-4-9(11)10(12)5-8;1-2/h3-5,13H,1,6H2,2H3;1-2H2. The first-order chi connectivity index (χ1) is 7.09. The van der Waals surface area contributed by atoms with Gasteiger partial charge in [-0.15, -0.1) is 13.2 Å². The number of rotatable bonds is 3. The lowest BCUT2D eigenvalue weighted by Crippen LogP contribution is -2.08. The van der Waals surface area contributed by atoms with E-state index in [9.17, 15) is 0 Å². The molecule has 1 N–H and O–H groups in total. The Kier molecular flexibility index (Phi) is 6.93. The van der Waals surface area contributed by atoms with Gasteiger partial charge in [0.15, 0.2) is 0 Å². The summed E-state index contributed by atoms with van der Waals surface area (Å²) in [5.41, 5.74) is 2.03. The van der Waals surface area contributed by atoms with Gasteiger partial charge >= 0.3 is 0 Å². The predicted molar refractivity (Wildman–Crippen MR) is 69.4 cm³/mol. The smallest absolute Gasteiger partial charge is 0.0595 e. The van der Waals surface area contributed by atoms with Crippen molar-refractivity contribution >= 4 is 23.2 Å². The second-order valence-electron chi connectivity index (χ2n) is 2.88. The summed E-state index contributed by atoms with van der Waals surface area (Å²) < 4.78 is 0. The first kappa shape index (κ1) is 14.1. The van der Waals surface area contributed by atoms with Crippen LogP contribution in [0.3, 0.4) is 0 Å². The van der Waals surface area contributed by atoms with Crippen molar-refractivity contribution in [2.45, 2.75) is 13.5 Å². The second-order valence-corrected chi connectivity index (χ2v) is 3.70. The largest absolute Gasteiger partial charge is 0.385 e. The van der Waals surface area contributed by atoms with Gasteiger partial charge in [-0.3, -0.25) is 0 Å². The maximum atomic E-state index is 5.85. The van der Waals surface area contributed by atoms with Crippen molar-refractivity contribution < 1.29 is 0 Å². The molecule has 0 unspecified atom stereocenters. The molecule has 0 atom stereocenters. The minimum atomic E-state index is 0.584. The molecule has 0 aliphatic heterocycles. The molecule has 0 amide bonds. The summed E-state index contributed by atoms with van der Waals surface area (Å²) in [6.45, 7) is 12.4. The van der Waals surface area contributed by atoms with E-state index in [1.54, 1.807) is 6.07 Å². The van der Waals surface area contributed by atoms with Crippen LogP contribution in [0.5, 0.6) is 0 Å². The highest BCUT2D eigenvalue weighted by molar-refractivity contribution is 6.42. The lowest BCUT2D eigenvalue weighted by molar-refractivity contribution is 0.816. The van der Waals surface area contributed by atoms with Gasteiger partial charge in [-0.2, -0.15) is 0 Å². The van der Waals surface area contributed by atoms with Crippen molar-refractivity contribution in [1.29, 1.82) is 0 Å². The predicted octanol–water partition coefficient (Wildman–Crippen LogP) is 4.42. The Labute approximate surface area is 101 Å². The average Bonchev–Trinajstić information content (AvgIpc) is 2.23. The molecule has 0 aromatic heterocycles. The van der Waals surface area contributed by atoms with Crippen molar-refractivity contribution in [2.75, 3.05) is 0 Å². The van der Waals surface area contributed by atoms with Crippen LogP contribution in [-0.4, -0.2) is 0 Å². The fourth-order valence-corrected chi connectivity index (χ4v) is 1.22. The van der Waals surface area contributed by atoms with Crippen LogP contribution in [0.4, 0.5) is 0 Å². The first-order valence-electron chi connectivity index (χ1n) is 4.43.